The lowest BCUT2D eigenvalue weighted by Gasteiger charge is -2.14. The van der Waals surface area contributed by atoms with Crippen LogP contribution in [0.15, 0.2) is 137 Å². The number of nitrogen functional groups attached to an aromatic ring is 1. The van der Waals surface area contributed by atoms with E-state index in [4.69, 9.17) is 16.2 Å². The number of phenolic OH excluding ortho intramolecular Hbond substituents is 1. The summed E-state index contributed by atoms with van der Waals surface area (Å²) < 4.78 is 79.3. The minimum atomic E-state index is -4.99. The van der Waals surface area contributed by atoms with Gasteiger partial charge >= 0.3 is 0 Å². The van der Waals surface area contributed by atoms with E-state index in [2.05, 4.69) is 39.2 Å². The number of nitrogens with zero attached hydrogens (tertiary/aromatic N) is 4. The third kappa shape index (κ3) is 9.93. The van der Waals surface area contributed by atoms with Gasteiger partial charge in [0.15, 0.2) is 5.75 Å². The van der Waals surface area contributed by atoms with E-state index in [0.29, 0.717) is 41.8 Å². The number of fused-ring (bicyclic) bond motifs is 1. The molecule has 0 heterocycles. The molecule has 0 aliphatic heterocycles. The summed E-state index contributed by atoms with van der Waals surface area (Å²) in [4.78, 5) is -1.11. The molecule has 0 bridgehead atoms. The molecule has 0 aliphatic carbocycles. The Kier molecular flexibility index (Phi) is 13.4. The third-order valence-electron chi connectivity index (χ3n) is 8.67. The van der Waals surface area contributed by atoms with Gasteiger partial charge in [0.2, 0.25) is 0 Å². The Labute approximate surface area is 344 Å². The highest BCUT2D eigenvalue weighted by Crippen LogP contribution is 2.50. The van der Waals surface area contributed by atoms with Gasteiger partial charge in [0, 0.05) is 10.5 Å². The van der Waals surface area contributed by atoms with E-state index in [0.717, 1.165) is 22.8 Å². The van der Waals surface area contributed by atoms with E-state index in [9.17, 15) is 31.0 Å². The molecule has 0 saturated carbocycles. The average molecular weight is 882 g/mol. The molecule has 0 atom stereocenters. The van der Waals surface area contributed by atoms with Crippen LogP contribution in [-0.2, 0) is 45.4 Å². The first-order chi connectivity index (χ1) is 28.1. The maximum absolute atomic E-state index is 12.6. The second kappa shape index (κ2) is 18.3. The van der Waals surface area contributed by atoms with E-state index in [1.807, 2.05) is 31.2 Å². The van der Waals surface area contributed by atoms with Crippen molar-refractivity contribution in [2.45, 2.75) is 39.9 Å². The second-order valence-corrected chi connectivity index (χ2v) is 16.7. The Morgan fingerprint density at radius 2 is 1.20 bits per heavy atom. The van der Waals surface area contributed by atoms with Crippen LogP contribution in [0.1, 0.15) is 18.1 Å². The van der Waals surface area contributed by atoms with Crippen molar-refractivity contribution in [3.8, 4) is 28.0 Å². The molecule has 0 amide bonds. The molecule has 18 nitrogen and oxygen atoms in total. The van der Waals surface area contributed by atoms with Crippen LogP contribution < -0.4 is 5.73 Å². The fourth-order valence-corrected chi connectivity index (χ4v) is 8.31. The molecule has 0 aliphatic rings. The number of hydrogen-bond donors (Lipinski definition) is 6. The SMILES string of the molecule is CCc1ccc(-c2ccc(N=Nc3c(SOOO)cc4cc(S(=O)(=O)O)c(N=Nc5ccc(-c6ccc(C)cc6)cc5)c(N)c4c3O)cc2SOOO)c(S(=O)(=O)O)c1. The minimum absolute atomic E-state index is 0.0510. The highest BCUT2D eigenvalue weighted by atomic mass is 32.2. The second-order valence-electron chi connectivity index (χ2n) is 12.4. The van der Waals surface area contributed by atoms with Crippen molar-refractivity contribution in [2.75, 3.05) is 5.73 Å². The molecule has 0 spiro atoms. The summed E-state index contributed by atoms with van der Waals surface area (Å²) in [5, 5.41) is 53.1. The molecule has 22 heteroatoms. The van der Waals surface area contributed by atoms with Gasteiger partial charge in [-0.1, -0.05) is 77.2 Å². The number of azo groups is 2. The van der Waals surface area contributed by atoms with Crippen LogP contribution in [0.25, 0.3) is 33.0 Å². The molecule has 7 N–H and O–H groups in total. The Morgan fingerprint density at radius 3 is 1.81 bits per heavy atom. The van der Waals surface area contributed by atoms with Crippen LogP contribution >= 0.6 is 24.1 Å². The van der Waals surface area contributed by atoms with Gasteiger partial charge in [0.1, 0.15) is 21.2 Å². The Hall–Kier alpha value is -5.34. The van der Waals surface area contributed by atoms with Gasteiger partial charge in [-0.25, -0.2) is 10.5 Å². The first-order valence-corrected chi connectivity index (χ1v) is 21.1. The number of hydrogen-bond acceptors (Lipinski definition) is 18. The van der Waals surface area contributed by atoms with E-state index in [-0.39, 0.29) is 43.1 Å². The maximum atomic E-state index is 12.6. The molecular formula is C37H31N5O13S4. The highest BCUT2D eigenvalue weighted by Gasteiger charge is 2.26. The lowest BCUT2D eigenvalue weighted by molar-refractivity contribution is -0.432. The molecule has 0 fully saturated rings. The van der Waals surface area contributed by atoms with Crippen LogP contribution in [0.5, 0.6) is 5.75 Å². The van der Waals surface area contributed by atoms with Gasteiger partial charge in [-0.2, -0.15) is 27.1 Å². The molecule has 0 radical (unpaired) electrons. The molecule has 0 saturated heterocycles. The minimum Gasteiger partial charge on any atom is -0.505 e. The zero-order valence-corrected chi connectivity index (χ0v) is 33.7. The standard InChI is InChI=1S/C37H31N5O13S4/c1-3-21-6-14-28(31(16-21)58(46,47)48)27-15-13-26(19-29(27)56-54-52-44)40-41-35-30(57-55-53-45)17-24-18-32(59(49,50)51)36(34(38)33(24)37(35)43)42-39-25-11-9-23(10-12-25)22-7-4-20(2)5-8-22/h4-19,43-45H,3,38H2,1-2H3,(H,46,47,48)(H,49,50,51). The summed E-state index contributed by atoms with van der Waals surface area (Å²) in [6.07, 6.45) is 0.477. The number of anilines is 1. The average Bonchev–Trinajstić information content (AvgIpc) is 3.21. The number of benzene rings is 6. The van der Waals surface area contributed by atoms with Crippen molar-refractivity contribution in [1.82, 2.24) is 0 Å². The number of aryl methyl sites for hydroxylation is 2. The summed E-state index contributed by atoms with van der Waals surface area (Å²) in [6, 6.07) is 25.6. The number of nitrogens with two attached hydrogens (primary N) is 1. The topological polar surface area (TPSA) is 282 Å². The fraction of sp³-hybridized carbons (Fsp3) is 0.0811. The lowest BCUT2D eigenvalue weighted by atomic mass is 10.0. The largest absolute Gasteiger partial charge is 0.505 e. The van der Waals surface area contributed by atoms with Gasteiger partial charge in [0.05, 0.1) is 51.4 Å². The maximum Gasteiger partial charge on any atom is 0.296 e. The fourth-order valence-electron chi connectivity index (χ4n) is 5.84. The first kappa shape index (κ1) is 43.2. The zero-order valence-electron chi connectivity index (χ0n) is 30.4. The van der Waals surface area contributed by atoms with E-state index in [1.54, 1.807) is 37.3 Å². The summed E-state index contributed by atoms with van der Waals surface area (Å²) in [5.41, 5.74) is 9.41. The van der Waals surface area contributed by atoms with Gasteiger partial charge < -0.3 is 10.8 Å². The Balaban J connectivity index is 1.44. The van der Waals surface area contributed by atoms with E-state index >= 15 is 0 Å². The van der Waals surface area contributed by atoms with Crippen LogP contribution in [-0.4, -0.2) is 41.6 Å². The molecule has 6 aromatic carbocycles. The zero-order chi connectivity index (χ0) is 42.5. The van der Waals surface area contributed by atoms with Crippen molar-refractivity contribution in [1.29, 1.82) is 0 Å². The molecule has 0 aromatic heterocycles. The lowest BCUT2D eigenvalue weighted by Crippen LogP contribution is -2.02. The number of rotatable bonds is 15. The predicted octanol–water partition coefficient (Wildman–Crippen LogP) is 10.5. The summed E-state index contributed by atoms with van der Waals surface area (Å²) >= 11 is 0.796. The molecule has 59 heavy (non-hydrogen) atoms. The molecular weight excluding hydrogens is 851 g/mol. The van der Waals surface area contributed by atoms with Crippen molar-refractivity contribution >= 4 is 83.5 Å². The van der Waals surface area contributed by atoms with Gasteiger partial charge in [0.25, 0.3) is 20.2 Å². The molecule has 6 rings (SSSR count). The van der Waals surface area contributed by atoms with Gasteiger partial charge in [-0.15, -0.1) is 18.9 Å². The summed E-state index contributed by atoms with van der Waals surface area (Å²) in [7, 11) is -9.69. The van der Waals surface area contributed by atoms with E-state index < -0.39 is 47.2 Å². The van der Waals surface area contributed by atoms with Crippen molar-refractivity contribution in [3.63, 3.8) is 0 Å². The first-order valence-electron chi connectivity index (χ1n) is 16.8. The number of phenols is 1. The highest BCUT2D eigenvalue weighted by molar-refractivity contribution is 7.95. The third-order valence-corrected chi connectivity index (χ3v) is 11.7. The Morgan fingerprint density at radius 1 is 0.644 bits per heavy atom. The summed E-state index contributed by atoms with van der Waals surface area (Å²) in [6.45, 7) is 3.78. The normalized spacial score (nSPS) is 12.3. The smallest absolute Gasteiger partial charge is 0.296 e. The van der Waals surface area contributed by atoms with Crippen LogP contribution in [0.3, 0.4) is 0 Å². The van der Waals surface area contributed by atoms with Gasteiger partial charge in [-0.3, -0.25) is 9.11 Å². The van der Waals surface area contributed by atoms with Crippen LogP contribution in [0, 0.1) is 6.92 Å². The van der Waals surface area contributed by atoms with E-state index in [1.165, 1.54) is 36.4 Å². The molecule has 6 aromatic rings. The van der Waals surface area contributed by atoms with Crippen LogP contribution in [0.2, 0.25) is 0 Å². The quantitative estimate of drug-likeness (QED) is 0.0140. The molecule has 306 valence electrons. The van der Waals surface area contributed by atoms with Crippen molar-refractivity contribution in [2.24, 2.45) is 20.5 Å². The van der Waals surface area contributed by atoms with Crippen molar-refractivity contribution in [3.05, 3.63) is 108 Å². The number of aromatic hydroxyl groups is 1. The predicted molar refractivity (Wildman–Crippen MR) is 217 cm³/mol. The van der Waals surface area contributed by atoms with Crippen LogP contribution in [0.4, 0.5) is 28.4 Å². The Bertz CT molecular complexity index is 2820. The van der Waals surface area contributed by atoms with Gasteiger partial charge in [-0.05, 0) is 83.4 Å². The van der Waals surface area contributed by atoms with Crippen molar-refractivity contribution < 1.29 is 60.3 Å². The summed E-state index contributed by atoms with van der Waals surface area (Å²) in [5.74, 6) is -0.675. The monoisotopic (exact) mass is 881 g/mol. The molecule has 0 unspecified atom stereocenters.